The van der Waals surface area contributed by atoms with E-state index in [0.29, 0.717) is 0 Å². The number of rotatable bonds is 0. The summed E-state index contributed by atoms with van der Waals surface area (Å²) in [6.07, 6.45) is 0. The van der Waals surface area contributed by atoms with Gasteiger partial charge in [0.05, 0.1) is 0 Å². The Morgan fingerprint density at radius 1 is 1.43 bits per heavy atom. The number of hydrogen-bond donors (Lipinski definition) is 1. The van der Waals surface area contributed by atoms with E-state index >= 15 is 0 Å². The molecule has 1 nitrogen and oxygen atoms in total. The summed E-state index contributed by atoms with van der Waals surface area (Å²) in [6, 6.07) is 0. The lowest BCUT2D eigenvalue weighted by Gasteiger charge is -2.19. The molecule has 0 rings (SSSR count). The van der Waals surface area contributed by atoms with Crippen molar-refractivity contribution in [1.82, 2.24) is 0 Å². The molecule has 0 aliphatic heterocycles. The molecule has 0 fully saturated rings. The van der Waals surface area contributed by atoms with Crippen molar-refractivity contribution in [2.75, 3.05) is 0 Å². The molecule has 2 heteroatoms. The zero-order chi connectivity index (χ0) is 6.08. The van der Waals surface area contributed by atoms with Gasteiger partial charge >= 0.3 is 0 Å². The molecule has 1 atom stereocenters. The van der Waals surface area contributed by atoms with Crippen LogP contribution in [0.15, 0.2) is 0 Å². The lowest BCUT2D eigenvalue weighted by Crippen LogP contribution is -2.18. The number of alkyl halides is 1. The first-order chi connectivity index (χ1) is 2.94. The molecule has 0 spiro atoms. The van der Waals surface area contributed by atoms with Crippen LogP contribution >= 0.6 is 22.6 Å². The van der Waals surface area contributed by atoms with Gasteiger partial charge in [0.2, 0.25) is 0 Å². The Hall–Kier alpha value is 0.690. The van der Waals surface area contributed by atoms with Crippen molar-refractivity contribution in [3.8, 4) is 0 Å². The molecule has 0 heterocycles. The van der Waals surface area contributed by atoms with Crippen LogP contribution in [0.5, 0.6) is 0 Å². The summed E-state index contributed by atoms with van der Waals surface area (Å²) in [7, 11) is 0. The van der Waals surface area contributed by atoms with Gasteiger partial charge in [0.15, 0.2) is 0 Å². The molecule has 0 aliphatic carbocycles. The van der Waals surface area contributed by atoms with E-state index in [9.17, 15) is 0 Å². The number of halogens is 1. The normalized spacial score (nSPS) is 16.7. The maximum Gasteiger partial charge on any atom is 0.110 e. The van der Waals surface area contributed by atoms with Crippen molar-refractivity contribution in [2.45, 2.75) is 24.9 Å². The number of aliphatic hydroxyl groups is 1. The summed E-state index contributed by atoms with van der Waals surface area (Å²) >= 11 is 2.00. The van der Waals surface area contributed by atoms with E-state index in [0.717, 1.165) is 0 Å². The van der Waals surface area contributed by atoms with E-state index in [1.165, 1.54) is 0 Å². The molecular formula is C5H11IO. The molecule has 0 radical (unpaired) electrons. The maximum absolute atomic E-state index is 8.88. The Balaban J connectivity index is 3.54. The highest BCUT2D eigenvalue weighted by atomic mass is 127. The summed E-state index contributed by atoms with van der Waals surface area (Å²) in [5, 5.41) is 8.88. The van der Waals surface area contributed by atoms with E-state index < -0.39 is 0 Å². The first-order valence-corrected chi connectivity index (χ1v) is 3.51. The van der Waals surface area contributed by atoms with Gasteiger partial charge in [-0.3, -0.25) is 0 Å². The van der Waals surface area contributed by atoms with Crippen LogP contribution in [0.1, 0.15) is 20.8 Å². The van der Waals surface area contributed by atoms with Gasteiger partial charge in [-0.1, -0.05) is 43.4 Å². The molecule has 0 amide bonds. The van der Waals surface area contributed by atoms with Crippen LogP contribution in [0, 0.1) is 5.41 Å². The Morgan fingerprint density at radius 3 is 1.57 bits per heavy atom. The van der Waals surface area contributed by atoms with Crippen LogP contribution in [-0.2, 0) is 0 Å². The lowest BCUT2D eigenvalue weighted by molar-refractivity contribution is 0.157. The topological polar surface area (TPSA) is 20.2 Å². The fourth-order valence-electron chi connectivity index (χ4n) is 0. The van der Waals surface area contributed by atoms with Gasteiger partial charge in [-0.05, 0) is 5.41 Å². The summed E-state index contributed by atoms with van der Waals surface area (Å²) < 4.78 is -0.231. The standard InChI is InChI=1S/C5H11IO/c1-5(2,3)4(6)7/h4,7H,1-3H3. The van der Waals surface area contributed by atoms with E-state index in [4.69, 9.17) is 5.11 Å². The molecule has 7 heavy (non-hydrogen) atoms. The summed E-state index contributed by atoms with van der Waals surface area (Å²) in [6.45, 7) is 6.01. The zero-order valence-corrected chi connectivity index (χ0v) is 7.06. The smallest absolute Gasteiger partial charge is 0.110 e. The molecule has 0 aromatic heterocycles. The van der Waals surface area contributed by atoms with E-state index in [2.05, 4.69) is 0 Å². The Bertz CT molecular complexity index is 53.6. The predicted molar refractivity (Wildman–Crippen MR) is 39.5 cm³/mol. The second-order valence-corrected chi connectivity index (χ2v) is 3.88. The quantitative estimate of drug-likeness (QED) is 0.481. The monoisotopic (exact) mass is 214 g/mol. The summed E-state index contributed by atoms with van der Waals surface area (Å²) in [5.41, 5.74) is 0.0422. The molecule has 0 saturated heterocycles. The third-order valence-corrected chi connectivity index (χ3v) is 2.58. The van der Waals surface area contributed by atoms with Gasteiger partial charge in [0.25, 0.3) is 0 Å². The van der Waals surface area contributed by atoms with E-state index in [1.807, 2.05) is 43.4 Å². The van der Waals surface area contributed by atoms with Crippen molar-refractivity contribution < 1.29 is 5.11 Å². The van der Waals surface area contributed by atoms with E-state index in [-0.39, 0.29) is 9.53 Å². The first-order valence-electron chi connectivity index (χ1n) is 2.27. The first kappa shape index (κ1) is 7.69. The van der Waals surface area contributed by atoms with Crippen molar-refractivity contribution in [1.29, 1.82) is 0 Å². The van der Waals surface area contributed by atoms with Crippen molar-refractivity contribution in [2.24, 2.45) is 5.41 Å². The minimum atomic E-state index is -0.231. The highest BCUT2D eigenvalue weighted by Gasteiger charge is 2.17. The average molecular weight is 214 g/mol. The fraction of sp³-hybridized carbons (Fsp3) is 1.00. The molecule has 0 aromatic carbocycles. The van der Waals surface area contributed by atoms with Gasteiger partial charge in [0.1, 0.15) is 4.11 Å². The summed E-state index contributed by atoms with van der Waals surface area (Å²) in [4.78, 5) is 0. The summed E-state index contributed by atoms with van der Waals surface area (Å²) in [5.74, 6) is 0. The second-order valence-electron chi connectivity index (χ2n) is 2.70. The SMILES string of the molecule is CC(C)(C)C(O)I. The lowest BCUT2D eigenvalue weighted by atomic mass is 9.99. The van der Waals surface area contributed by atoms with Crippen molar-refractivity contribution in [3.63, 3.8) is 0 Å². The van der Waals surface area contributed by atoms with Crippen LogP contribution in [0.3, 0.4) is 0 Å². The van der Waals surface area contributed by atoms with Crippen molar-refractivity contribution in [3.05, 3.63) is 0 Å². The molecule has 1 N–H and O–H groups in total. The van der Waals surface area contributed by atoms with Crippen LogP contribution in [0.2, 0.25) is 0 Å². The van der Waals surface area contributed by atoms with Gasteiger partial charge < -0.3 is 5.11 Å². The molecule has 44 valence electrons. The van der Waals surface area contributed by atoms with Crippen molar-refractivity contribution >= 4 is 22.6 Å². The average Bonchev–Trinajstić information content (AvgIpc) is 1.31. The molecule has 0 aliphatic rings. The molecule has 0 bridgehead atoms. The van der Waals surface area contributed by atoms with E-state index in [1.54, 1.807) is 0 Å². The largest absolute Gasteiger partial charge is 0.382 e. The van der Waals surface area contributed by atoms with Gasteiger partial charge in [-0.25, -0.2) is 0 Å². The minimum Gasteiger partial charge on any atom is -0.382 e. The van der Waals surface area contributed by atoms with Crippen LogP contribution in [-0.4, -0.2) is 9.22 Å². The highest BCUT2D eigenvalue weighted by Crippen LogP contribution is 2.23. The Kier molecular flexibility index (Phi) is 2.53. The van der Waals surface area contributed by atoms with Crippen LogP contribution in [0.25, 0.3) is 0 Å². The van der Waals surface area contributed by atoms with Crippen LogP contribution in [0.4, 0.5) is 0 Å². The Morgan fingerprint density at radius 2 is 1.57 bits per heavy atom. The molecule has 0 aromatic rings. The zero-order valence-electron chi connectivity index (χ0n) is 4.90. The molecule has 0 saturated carbocycles. The van der Waals surface area contributed by atoms with Gasteiger partial charge in [0, 0.05) is 0 Å². The number of hydrogen-bond acceptors (Lipinski definition) is 1. The van der Waals surface area contributed by atoms with Gasteiger partial charge in [-0.2, -0.15) is 0 Å². The minimum absolute atomic E-state index is 0.0422. The molecular weight excluding hydrogens is 203 g/mol. The van der Waals surface area contributed by atoms with Crippen LogP contribution < -0.4 is 0 Å². The maximum atomic E-state index is 8.88. The predicted octanol–water partition coefficient (Wildman–Crippen LogP) is 1.79. The number of aliphatic hydroxyl groups excluding tert-OH is 1. The second kappa shape index (κ2) is 2.31. The molecule has 1 unspecified atom stereocenters. The fourth-order valence-corrected chi connectivity index (χ4v) is 0. The third-order valence-electron chi connectivity index (χ3n) is 0.715. The highest BCUT2D eigenvalue weighted by molar-refractivity contribution is 14.1. The Labute approximate surface area is 58.3 Å². The third kappa shape index (κ3) is 3.29. The van der Waals surface area contributed by atoms with Gasteiger partial charge in [-0.15, -0.1) is 0 Å².